The molecule has 0 aromatic carbocycles. The summed E-state index contributed by atoms with van der Waals surface area (Å²) in [4.78, 5) is 11.2. The maximum atomic E-state index is 11.2. The number of anilines is 1. The molecular formula is C9H9ClN4O. The highest BCUT2D eigenvalue weighted by molar-refractivity contribution is 6.29. The number of carbonyl (C=O) groups excluding carboxylic acids is 1. The largest absolute Gasteiger partial charge is 0.308 e. The minimum absolute atomic E-state index is 0.133. The summed E-state index contributed by atoms with van der Waals surface area (Å²) < 4.78 is 0. The van der Waals surface area contributed by atoms with Crippen molar-refractivity contribution in [2.24, 2.45) is 0 Å². The van der Waals surface area contributed by atoms with Gasteiger partial charge in [-0.2, -0.15) is 0 Å². The summed E-state index contributed by atoms with van der Waals surface area (Å²) in [5, 5.41) is 12.8. The van der Waals surface area contributed by atoms with Crippen LogP contribution >= 0.6 is 11.6 Å². The second-order valence-electron chi connectivity index (χ2n) is 2.60. The van der Waals surface area contributed by atoms with Gasteiger partial charge in [-0.3, -0.25) is 10.1 Å². The number of hydrogen-bond donors (Lipinski definition) is 2. The van der Waals surface area contributed by atoms with Crippen LogP contribution in [0.3, 0.4) is 0 Å². The number of rotatable bonds is 4. The van der Waals surface area contributed by atoms with Crippen molar-refractivity contribution in [2.45, 2.75) is 0 Å². The van der Waals surface area contributed by atoms with E-state index in [2.05, 4.69) is 26.8 Å². The molecule has 1 amide bonds. The van der Waals surface area contributed by atoms with Crippen molar-refractivity contribution in [1.29, 1.82) is 0 Å². The first kappa shape index (κ1) is 11.4. The fourth-order valence-corrected chi connectivity index (χ4v) is 0.919. The minimum Gasteiger partial charge on any atom is -0.308 e. The normalized spacial score (nSPS) is 9.33. The summed E-state index contributed by atoms with van der Waals surface area (Å²) >= 11 is 5.53. The van der Waals surface area contributed by atoms with Gasteiger partial charge in [0.1, 0.15) is 0 Å². The van der Waals surface area contributed by atoms with Crippen molar-refractivity contribution < 1.29 is 4.79 Å². The zero-order chi connectivity index (χ0) is 11.1. The molecule has 0 aliphatic rings. The van der Waals surface area contributed by atoms with Crippen LogP contribution in [0.1, 0.15) is 0 Å². The Morgan fingerprint density at radius 1 is 1.53 bits per heavy atom. The quantitative estimate of drug-likeness (QED) is 0.570. The van der Waals surface area contributed by atoms with Gasteiger partial charge in [0.05, 0.1) is 13.1 Å². The SMILES string of the molecule is C#CCNCC(=O)Nc1ccc(Cl)nn1. The Morgan fingerprint density at radius 2 is 2.33 bits per heavy atom. The molecule has 0 fully saturated rings. The van der Waals surface area contributed by atoms with Crippen LogP contribution in [-0.4, -0.2) is 29.2 Å². The van der Waals surface area contributed by atoms with Crippen molar-refractivity contribution in [2.75, 3.05) is 18.4 Å². The van der Waals surface area contributed by atoms with Crippen LogP contribution in [0.4, 0.5) is 5.82 Å². The lowest BCUT2D eigenvalue weighted by Crippen LogP contribution is -2.28. The fourth-order valence-electron chi connectivity index (χ4n) is 0.818. The lowest BCUT2D eigenvalue weighted by molar-refractivity contribution is -0.115. The number of amides is 1. The molecule has 0 unspecified atom stereocenters. The number of aromatic nitrogens is 2. The van der Waals surface area contributed by atoms with E-state index in [0.717, 1.165) is 0 Å². The molecule has 1 heterocycles. The molecule has 5 nitrogen and oxygen atoms in total. The lowest BCUT2D eigenvalue weighted by atomic mass is 10.5. The van der Waals surface area contributed by atoms with E-state index in [4.69, 9.17) is 18.0 Å². The summed E-state index contributed by atoms with van der Waals surface area (Å²) in [5.41, 5.74) is 0. The van der Waals surface area contributed by atoms with Gasteiger partial charge in [0.2, 0.25) is 5.91 Å². The fraction of sp³-hybridized carbons (Fsp3) is 0.222. The topological polar surface area (TPSA) is 66.9 Å². The highest BCUT2D eigenvalue weighted by Crippen LogP contribution is 2.05. The third kappa shape index (κ3) is 4.40. The Balaban J connectivity index is 2.38. The van der Waals surface area contributed by atoms with Gasteiger partial charge < -0.3 is 5.32 Å². The highest BCUT2D eigenvalue weighted by atomic mass is 35.5. The summed E-state index contributed by atoms with van der Waals surface area (Å²) in [6, 6.07) is 3.10. The van der Waals surface area contributed by atoms with E-state index in [9.17, 15) is 4.79 Å². The maximum absolute atomic E-state index is 11.2. The van der Waals surface area contributed by atoms with Gasteiger partial charge >= 0.3 is 0 Å². The standard InChI is InChI=1S/C9H9ClN4O/c1-2-5-11-6-9(15)12-8-4-3-7(10)13-14-8/h1,3-4,11H,5-6H2,(H,12,14,15). The first-order valence-corrected chi connectivity index (χ1v) is 4.53. The summed E-state index contributed by atoms with van der Waals surface area (Å²) in [5.74, 6) is 2.48. The predicted molar refractivity (Wildman–Crippen MR) is 57.4 cm³/mol. The molecule has 1 aromatic rings. The molecule has 0 radical (unpaired) electrons. The highest BCUT2D eigenvalue weighted by Gasteiger charge is 2.02. The van der Waals surface area contributed by atoms with Crippen LogP contribution in [0.15, 0.2) is 12.1 Å². The van der Waals surface area contributed by atoms with E-state index in [1.54, 1.807) is 12.1 Å². The van der Waals surface area contributed by atoms with E-state index in [0.29, 0.717) is 12.4 Å². The van der Waals surface area contributed by atoms with Crippen molar-refractivity contribution >= 4 is 23.3 Å². The molecule has 6 heteroatoms. The van der Waals surface area contributed by atoms with Crippen molar-refractivity contribution in [1.82, 2.24) is 15.5 Å². The van der Waals surface area contributed by atoms with E-state index >= 15 is 0 Å². The van der Waals surface area contributed by atoms with Crippen LogP contribution in [0.5, 0.6) is 0 Å². The van der Waals surface area contributed by atoms with Crippen molar-refractivity contribution in [3.05, 3.63) is 17.3 Å². The van der Waals surface area contributed by atoms with Crippen molar-refractivity contribution in [3.8, 4) is 12.3 Å². The Kier molecular flexibility index (Phi) is 4.54. The number of nitrogens with one attached hydrogen (secondary N) is 2. The monoisotopic (exact) mass is 224 g/mol. The first-order valence-electron chi connectivity index (χ1n) is 4.15. The van der Waals surface area contributed by atoms with E-state index in [-0.39, 0.29) is 17.6 Å². The Morgan fingerprint density at radius 3 is 2.93 bits per heavy atom. The second-order valence-corrected chi connectivity index (χ2v) is 2.98. The van der Waals surface area contributed by atoms with Gasteiger partial charge in [-0.15, -0.1) is 16.6 Å². The van der Waals surface area contributed by atoms with Crippen LogP contribution in [0, 0.1) is 12.3 Å². The lowest BCUT2D eigenvalue weighted by Gasteiger charge is -2.03. The van der Waals surface area contributed by atoms with Gasteiger partial charge in [-0.05, 0) is 12.1 Å². The summed E-state index contributed by atoms with van der Waals surface area (Å²) in [6.45, 7) is 0.480. The molecule has 0 aliphatic heterocycles. The molecular weight excluding hydrogens is 216 g/mol. The molecule has 0 saturated heterocycles. The molecule has 1 aromatic heterocycles. The smallest absolute Gasteiger partial charge is 0.239 e. The van der Waals surface area contributed by atoms with Crippen LogP contribution in [-0.2, 0) is 4.79 Å². The molecule has 78 valence electrons. The summed E-state index contributed by atoms with van der Waals surface area (Å²) in [6.07, 6.45) is 5.00. The van der Waals surface area contributed by atoms with E-state index in [1.165, 1.54) is 0 Å². The van der Waals surface area contributed by atoms with Gasteiger partial charge in [-0.1, -0.05) is 17.5 Å². The number of nitrogens with zero attached hydrogens (tertiary/aromatic N) is 2. The van der Waals surface area contributed by atoms with Gasteiger partial charge in [0.15, 0.2) is 11.0 Å². The second kappa shape index (κ2) is 5.96. The van der Waals surface area contributed by atoms with Crippen molar-refractivity contribution in [3.63, 3.8) is 0 Å². The Hall–Kier alpha value is -1.64. The number of hydrogen-bond acceptors (Lipinski definition) is 4. The Bertz CT molecular complexity index is 371. The zero-order valence-electron chi connectivity index (χ0n) is 7.83. The third-order valence-electron chi connectivity index (χ3n) is 1.41. The predicted octanol–water partition coefficient (Wildman–Crippen LogP) is 0.291. The van der Waals surface area contributed by atoms with E-state index < -0.39 is 0 Å². The third-order valence-corrected chi connectivity index (χ3v) is 1.61. The molecule has 0 atom stereocenters. The number of terminal acetylenes is 1. The molecule has 0 spiro atoms. The summed E-state index contributed by atoms with van der Waals surface area (Å²) in [7, 11) is 0. The molecule has 0 aliphatic carbocycles. The average Bonchev–Trinajstić information content (AvgIpc) is 2.22. The number of halogens is 1. The molecule has 0 bridgehead atoms. The molecule has 1 rings (SSSR count). The minimum atomic E-state index is -0.234. The van der Waals surface area contributed by atoms with Gasteiger partial charge in [0.25, 0.3) is 0 Å². The van der Waals surface area contributed by atoms with Gasteiger partial charge in [0, 0.05) is 0 Å². The first-order chi connectivity index (χ1) is 7.22. The van der Waals surface area contributed by atoms with Crippen LogP contribution in [0.2, 0.25) is 5.15 Å². The number of carbonyl (C=O) groups is 1. The van der Waals surface area contributed by atoms with Crippen LogP contribution < -0.4 is 10.6 Å². The average molecular weight is 225 g/mol. The van der Waals surface area contributed by atoms with Crippen LogP contribution in [0.25, 0.3) is 0 Å². The molecule has 2 N–H and O–H groups in total. The zero-order valence-corrected chi connectivity index (χ0v) is 8.58. The molecule has 0 saturated carbocycles. The van der Waals surface area contributed by atoms with E-state index in [1.807, 2.05) is 0 Å². The maximum Gasteiger partial charge on any atom is 0.239 e. The Labute approximate surface area is 92.2 Å². The molecule has 15 heavy (non-hydrogen) atoms. The van der Waals surface area contributed by atoms with Gasteiger partial charge in [-0.25, -0.2) is 0 Å².